The SMILES string of the molecule is C=CCC1(C)C=NN(CCl)C1=O. The Morgan fingerprint density at radius 3 is 3.00 bits per heavy atom. The Kier molecular flexibility index (Phi) is 2.52. The standard InChI is InChI=1S/C8H11ClN2O/c1-3-4-8(2)5-10-11(6-9)7(8)12/h3,5H,1,4,6H2,2H3. The van der Waals surface area contributed by atoms with E-state index in [9.17, 15) is 4.79 Å². The first-order valence-electron chi connectivity index (χ1n) is 3.68. The summed E-state index contributed by atoms with van der Waals surface area (Å²) in [6, 6.07) is 0.113. The molecule has 1 aliphatic heterocycles. The van der Waals surface area contributed by atoms with Crippen LogP contribution in [-0.4, -0.2) is 23.1 Å². The van der Waals surface area contributed by atoms with Gasteiger partial charge in [-0.25, -0.2) is 5.01 Å². The number of amides is 1. The summed E-state index contributed by atoms with van der Waals surface area (Å²) in [4.78, 5) is 11.5. The van der Waals surface area contributed by atoms with Crippen LogP contribution < -0.4 is 0 Å². The Hall–Kier alpha value is -0.830. The fourth-order valence-corrected chi connectivity index (χ4v) is 1.29. The number of hydrazone groups is 1. The number of halogens is 1. The summed E-state index contributed by atoms with van der Waals surface area (Å²) < 4.78 is 0. The lowest BCUT2D eigenvalue weighted by molar-refractivity contribution is -0.134. The van der Waals surface area contributed by atoms with Gasteiger partial charge in [0.05, 0.1) is 5.41 Å². The molecule has 0 aliphatic carbocycles. The van der Waals surface area contributed by atoms with Crippen molar-refractivity contribution in [1.29, 1.82) is 0 Å². The molecule has 1 aliphatic rings. The summed E-state index contributed by atoms with van der Waals surface area (Å²) in [6.45, 7) is 5.42. The van der Waals surface area contributed by atoms with Crippen molar-refractivity contribution in [3.63, 3.8) is 0 Å². The predicted molar refractivity (Wildman–Crippen MR) is 49.0 cm³/mol. The van der Waals surface area contributed by atoms with E-state index in [-0.39, 0.29) is 11.9 Å². The number of nitrogens with zero attached hydrogens (tertiary/aromatic N) is 2. The fraction of sp³-hybridized carbons (Fsp3) is 0.500. The van der Waals surface area contributed by atoms with E-state index in [2.05, 4.69) is 11.7 Å². The fourth-order valence-electron chi connectivity index (χ4n) is 1.12. The maximum absolute atomic E-state index is 11.5. The molecule has 1 amide bonds. The molecule has 0 radical (unpaired) electrons. The number of carbonyl (C=O) groups excluding carboxylic acids is 1. The van der Waals surface area contributed by atoms with Crippen LogP contribution in [0.5, 0.6) is 0 Å². The molecule has 12 heavy (non-hydrogen) atoms. The number of hydrogen-bond donors (Lipinski definition) is 0. The Morgan fingerprint density at radius 1 is 1.92 bits per heavy atom. The van der Waals surface area contributed by atoms with Gasteiger partial charge in [0.2, 0.25) is 0 Å². The summed E-state index contributed by atoms with van der Waals surface area (Å²) in [5.41, 5.74) is -0.531. The zero-order valence-electron chi connectivity index (χ0n) is 6.96. The lowest BCUT2D eigenvalue weighted by Crippen LogP contribution is -2.33. The normalized spacial score (nSPS) is 28.2. The lowest BCUT2D eigenvalue weighted by atomic mass is 9.88. The van der Waals surface area contributed by atoms with Gasteiger partial charge in [-0.15, -0.1) is 18.2 Å². The summed E-state index contributed by atoms with van der Waals surface area (Å²) in [5, 5.41) is 5.14. The minimum atomic E-state index is -0.531. The Labute approximate surface area is 76.7 Å². The lowest BCUT2D eigenvalue weighted by Gasteiger charge is -2.17. The smallest absolute Gasteiger partial charge is 0.255 e. The highest BCUT2D eigenvalue weighted by atomic mass is 35.5. The van der Waals surface area contributed by atoms with Crippen molar-refractivity contribution in [3.8, 4) is 0 Å². The van der Waals surface area contributed by atoms with Crippen LogP contribution in [0.2, 0.25) is 0 Å². The number of alkyl halides is 1. The zero-order valence-corrected chi connectivity index (χ0v) is 7.71. The summed E-state index contributed by atoms with van der Waals surface area (Å²) in [7, 11) is 0. The first-order chi connectivity index (χ1) is 5.64. The van der Waals surface area contributed by atoms with Crippen molar-refractivity contribution in [2.24, 2.45) is 10.5 Å². The summed E-state index contributed by atoms with van der Waals surface area (Å²) >= 11 is 5.50. The molecule has 0 saturated carbocycles. The first kappa shape index (κ1) is 9.26. The minimum Gasteiger partial charge on any atom is -0.272 e. The molecule has 3 nitrogen and oxygen atoms in total. The zero-order chi connectivity index (χ0) is 9.19. The predicted octanol–water partition coefficient (Wildman–Crippen LogP) is 1.59. The molecule has 0 N–H and O–H groups in total. The Bertz CT molecular complexity index is 239. The highest BCUT2D eigenvalue weighted by Gasteiger charge is 2.38. The molecular weight excluding hydrogens is 176 g/mol. The number of hydrogen-bond acceptors (Lipinski definition) is 2. The second-order valence-electron chi connectivity index (χ2n) is 2.98. The van der Waals surface area contributed by atoms with Crippen LogP contribution >= 0.6 is 11.6 Å². The van der Waals surface area contributed by atoms with Gasteiger partial charge >= 0.3 is 0 Å². The van der Waals surface area contributed by atoms with Crippen molar-refractivity contribution in [2.45, 2.75) is 13.3 Å². The summed E-state index contributed by atoms with van der Waals surface area (Å²) in [6.07, 6.45) is 3.93. The van der Waals surface area contributed by atoms with Gasteiger partial charge < -0.3 is 0 Å². The van der Waals surface area contributed by atoms with Crippen molar-refractivity contribution in [3.05, 3.63) is 12.7 Å². The van der Waals surface area contributed by atoms with E-state index in [0.29, 0.717) is 6.42 Å². The third-order valence-electron chi connectivity index (χ3n) is 1.89. The van der Waals surface area contributed by atoms with Crippen LogP contribution in [0.15, 0.2) is 17.8 Å². The molecule has 0 aromatic heterocycles. The number of rotatable bonds is 3. The molecule has 1 rings (SSSR count). The molecular formula is C8H11ClN2O. The van der Waals surface area contributed by atoms with Crippen LogP contribution in [0.3, 0.4) is 0 Å². The number of allylic oxidation sites excluding steroid dienone is 1. The molecule has 0 saturated heterocycles. The van der Waals surface area contributed by atoms with Crippen LogP contribution in [0.4, 0.5) is 0 Å². The molecule has 1 heterocycles. The molecule has 1 unspecified atom stereocenters. The maximum atomic E-state index is 11.5. The second kappa shape index (κ2) is 3.27. The van der Waals surface area contributed by atoms with Crippen LogP contribution in [0, 0.1) is 5.41 Å². The van der Waals surface area contributed by atoms with Crippen LogP contribution in [0.1, 0.15) is 13.3 Å². The molecule has 66 valence electrons. The van der Waals surface area contributed by atoms with Crippen molar-refractivity contribution < 1.29 is 4.79 Å². The van der Waals surface area contributed by atoms with Crippen molar-refractivity contribution in [2.75, 3.05) is 6.00 Å². The van der Waals surface area contributed by atoms with E-state index < -0.39 is 5.41 Å². The van der Waals surface area contributed by atoms with Crippen LogP contribution in [-0.2, 0) is 4.79 Å². The van der Waals surface area contributed by atoms with E-state index in [1.165, 1.54) is 5.01 Å². The Morgan fingerprint density at radius 2 is 2.58 bits per heavy atom. The maximum Gasteiger partial charge on any atom is 0.255 e. The van der Waals surface area contributed by atoms with Gasteiger partial charge in [0.25, 0.3) is 5.91 Å². The van der Waals surface area contributed by atoms with Gasteiger partial charge in [0.1, 0.15) is 6.00 Å². The second-order valence-corrected chi connectivity index (χ2v) is 3.22. The van der Waals surface area contributed by atoms with Crippen molar-refractivity contribution >= 4 is 23.7 Å². The van der Waals surface area contributed by atoms with E-state index in [0.717, 1.165) is 0 Å². The van der Waals surface area contributed by atoms with Gasteiger partial charge in [-0.05, 0) is 13.3 Å². The topological polar surface area (TPSA) is 32.7 Å². The quantitative estimate of drug-likeness (QED) is 0.374. The minimum absolute atomic E-state index is 0.0580. The monoisotopic (exact) mass is 186 g/mol. The summed E-state index contributed by atoms with van der Waals surface area (Å²) in [5.74, 6) is -0.0580. The van der Waals surface area contributed by atoms with E-state index in [1.807, 2.05) is 6.92 Å². The van der Waals surface area contributed by atoms with Crippen molar-refractivity contribution in [1.82, 2.24) is 5.01 Å². The van der Waals surface area contributed by atoms with Gasteiger partial charge in [-0.3, -0.25) is 4.79 Å². The molecule has 0 spiro atoms. The van der Waals surface area contributed by atoms with Gasteiger partial charge in [0.15, 0.2) is 0 Å². The molecule has 0 fully saturated rings. The Balaban J connectivity index is 2.78. The van der Waals surface area contributed by atoms with Gasteiger partial charge in [-0.2, -0.15) is 5.10 Å². The molecule has 1 atom stereocenters. The largest absolute Gasteiger partial charge is 0.272 e. The third-order valence-corrected chi connectivity index (χ3v) is 2.11. The first-order valence-corrected chi connectivity index (χ1v) is 4.21. The average molecular weight is 187 g/mol. The molecule has 0 bridgehead atoms. The molecule has 0 aromatic carbocycles. The third kappa shape index (κ3) is 1.37. The van der Waals surface area contributed by atoms with Crippen LogP contribution in [0.25, 0.3) is 0 Å². The van der Waals surface area contributed by atoms with E-state index in [1.54, 1.807) is 12.3 Å². The van der Waals surface area contributed by atoms with E-state index >= 15 is 0 Å². The van der Waals surface area contributed by atoms with Gasteiger partial charge in [0, 0.05) is 6.21 Å². The van der Waals surface area contributed by atoms with E-state index in [4.69, 9.17) is 11.6 Å². The highest BCUT2D eigenvalue weighted by Crippen LogP contribution is 2.27. The highest BCUT2D eigenvalue weighted by molar-refractivity contribution is 6.19. The molecule has 0 aromatic rings. The van der Waals surface area contributed by atoms with Gasteiger partial charge in [-0.1, -0.05) is 6.08 Å². The number of carbonyl (C=O) groups is 1. The molecule has 4 heteroatoms. The average Bonchev–Trinajstić information content (AvgIpc) is 2.30.